The molecule has 0 aromatic carbocycles. The van der Waals surface area contributed by atoms with E-state index in [1.807, 2.05) is 13.0 Å². The van der Waals surface area contributed by atoms with Gasteiger partial charge in [-0.25, -0.2) is 4.98 Å². The molecular formula is C11H17N5O. The van der Waals surface area contributed by atoms with E-state index in [1.54, 1.807) is 7.05 Å². The van der Waals surface area contributed by atoms with Gasteiger partial charge in [-0.2, -0.15) is 4.98 Å². The third-order valence-corrected chi connectivity index (χ3v) is 2.70. The molecular weight excluding hydrogens is 218 g/mol. The molecule has 0 unspecified atom stereocenters. The fourth-order valence-corrected chi connectivity index (χ4v) is 1.82. The van der Waals surface area contributed by atoms with Gasteiger partial charge in [-0.15, -0.1) is 0 Å². The Morgan fingerprint density at radius 2 is 2.24 bits per heavy atom. The molecule has 1 amide bonds. The number of aromatic nitrogens is 2. The van der Waals surface area contributed by atoms with Crippen LogP contribution in [-0.2, 0) is 4.79 Å². The third kappa shape index (κ3) is 2.83. The van der Waals surface area contributed by atoms with Gasteiger partial charge in [0.15, 0.2) is 0 Å². The number of nitrogens with zero attached hydrogens (tertiary/aromatic N) is 3. The molecule has 0 radical (unpaired) electrons. The van der Waals surface area contributed by atoms with E-state index in [2.05, 4.69) is 25.5 Å². The second-order valence-electron chi connectivity index (χ2n) is 4.03. The van der Waals surface area contributed by atoms with Gasteiger partial charge in [-0.1, -0.05) is 0 Å². The molecule has 6 nitrogen and oxygen atoms in total. The van der Waals surface area contributed by atoms with Crippen LogP contribution in [0.2, 0.25) is 0 Å². The maximum Gasteiger partial charge on any atom is 0.224 e. The fraction of sp³-hybridized carbons (Fsp3) is 0.545. The Kier molecular flexibility index (Phi) is 3.41. The predicted octanol–water partition coefficient (Wildman–Crippen LogP) is 0.153. The second-order valence-corrected chi connectivity index (χ2v) is 4.03. The molecule has 0 aliphatic carbocycles. The standard InChI is InChI=1S/C11H17N5O/c1-8-7-9(15-11(12-2)14-8)16-5-3-10(17)13-4-6-16/h7H,3-6H2,1-2H3,(H,13,17)(H,12,14,15). The van der Waals surface area contributed by atoms with E-state index in [4.69, 9.17) is 0 Å². The quantitative estimate of drug-likeness (QED) is 0.763. The molecule has 1 fully saturated rings. The molecule has 0 bridgehead atoms. The van der Waals surface area contributed by atoms with Crippen molar-refractivity contribution in [3.05, 3.63) is 11.8 Å². The highest BCUT2D eigenvalue weighted by Gasteiger charge is 2.15. The number of aryl methyl sites for hydroxylation is 1. The Bertz CT molecular complexity index is 420. The normalized spacial score (nSPS) is 16.4. The molecule has 0 atom stereocenters. The molecule has 0 saturated carbocycles. The average molecular weight is 235 g/mol. The van der Waals surface area contributed by atoms with Crippen LogP contribution < -0.4 is 15.5 Å². The van der Waals surface area contributed by atoms with Gasteiger partial charge in [0.25, 0.3) is 0 Å². The predicted molar refractivity (Wildman–Crippen MR) is 66.2 cm³/mol. The average Bonchev–Trinajstić information content (AvgIpc) is 2.53. The van der Waals surface area contributed by atoms with Crippen LogP contribution in [0.1, 0.15) is 12.1 Å². The first kappa shape index (κ1) is 11.6. The van der Waals surface area contributed by atoms with Crippen LogP contribution in [0.4, 0.5) is 11.8 Å². The minimum absolute atomic E-state index is 0.104. The van der Waals surface area contributed by atoms with E-state index < -0.39 is 0 Å². The fourth-order valence-electron chi connectivity index (χ4n) is 1.82. The molecule has 1 saturated heterocycles. The SMILES string of the molecule is CNc1nc(C)cc(N2CCNC(=O)CC2)n1. The summed E-state index contributed by atoms with van der Waals surface area (Å²) in [6, 6.07) is 1.94. The molecule has 2 rings (SSSR count). The summed E-state index contributed by atoms with van der Waals surface area (Å²) >= 11 is 0. The van der Waals surface area contributed by atoms with E-state index in [0.29, 0.717) is 25.5 Å². The summed E-state index contributed by atoms with van der Waals surface area (Å²) < 4.78 is 0. The van der Waals surface area contributed by atoms with Crippen LogP contribution in [0.25, 0.3) is 0 Å². The lowest BCUT2D eigenvalue weighted by molar-refractivity contribution is -0.120. The van der Waals surface area contributed by atoms with Gasteiger partial charge in [0.1, 0.15) is 5.82 Å². The van der Waals surface area contributed by atoms with Gasteiger partial charge in [0, 0.05) is 44.9 Å². The van der Waals surface area contributed by atoms with Gasteiger partial charge in [0.05, 0.1) is 0 Å². The van der Waals surface area contributed by atoms with Gasteiger partial charge in [0.2, 0.25) is 11.9 Å². The number of nitrogens with one attached hydrogen (secondary N) is 2. The summed E-state index contributed by atoms with van der Waals surface area (Å²) in [5, 5.41) is 5.79. The minimum Gasteiger partial charge on any atom is -0.357 e. The van der Waals surface area contributed by atoms with Crippen LogP contribution in [0.15, 0.2) is 6.07 Å². The van der Waals surface area contributed by atoms with Crippen molar-refractivity contribution in [3.8, 4) is 0 Å². The summed E-state index contributed by atoms with van der Waals surface area (Å²) in [6.07, 6.45) is 0.512. The Morgan fingerprint density at radius 3 is 3.00 bits per heavy atom. The first-order valence-electron chi connectivity index (χ1n) is 5.74. The van der Waals surface area contributed by atoms with Gasteiger partial charge in [-0.3, -0.25) is 4.79 Å². The van der Waals surface area contributed by atoms with Crippen molar-refractivity contribution in [2.45, 2.75) is 13.3 Å². The van der Waals surface area contributed by atoms with Gasteiger partial charge >= 0.3 is 0 Å². The van der Waals surface area contributed by atoms with Crippen LogP contribution >= 0.6 is 0 Å². The molecule has 0 spiro atoms. The van der Waals surface area contributed by atoms with Crippen molar-refractivity contribution in [1.29, 1.82) is 0 Å². The monoisotopic (exact) mass is 235 g/mol. The number of hydrogen-bond donors (Lipinski definition) is 2. The topological polar surface area (TPSA) is 70.2 Å². The Hall–Kier alpha value is -1.85. The second kappa shape index (κ2) is 4.99. The highest BCUT2D eigenvalue weighted by Crippen LogP contribution is 2.15. The molecule has 1 aromatic rings. The first-order valence-corrected chi connectivity index (χ1v) is 5.74. The van der Waals surface area contributed by atoms with E-state index in [9.17, 15) is 4.79 Å². The van der Waals surface area contributed by atoms with Gasteiger partial charge < -0.3 is 15.5 Å². The minimum atomic E-state index is 0.104. The first-order chi connectivity index (χ1) is 8.19. The van der Waals surface area contributed by atoms with E-state index in [-0.39, 0.29) is 5.91 Å². The zero-order valence-corrected chi connectivity index (χ0v) is 10.2. The Morgan fingerprint density at radius 1 is 1.41 bits per heavy atom. The summed E-state index contributed by atoms with van der Waals surface area (Å²) in [5.74, 6) is 1.59. The zero-order valence-electron chi connectivity index (χ0n) is 10.2. The largest absolute Gasteiger partial charge is 0.357 e. The summed E-state index contributed by atoms with van der Waals surface area (Å²) in [6.45, 7) is 4.08. The number of carbonyl (C=O) groups is 1. The van der Waals surface area contributed by atoms with E-state index in [0.717, 1.165) is 18.1 Å². The smallest absolute Gasteiger partial charge is 0.224 e. The number of anilines is 2. The molecule has 1 aliphatic rings. The molecule has 17 heavy (non-hydrogen) atoms. The number of amides is 1. The van der Waals surface area contributed by atoms with Gasteiger partial charge in [-0.05, 0) is 6.92 Å². The molecule has 92 valence electrons. The van der Waals surface area contributed by atoms with Crippen molar-refractivity contribution in [2.24, 2.45) is 0 Å². The number of carbonyl (C=O) groups excluding carboxylic acids is 1. The molecule has 6 heteroatoms. The summed E-state index contributed by atoms with van der Waals surface area (Å²) in [5.41, 5.74) is 0.919. The van der Waals surface area contributed by atoms with Crippen molar-refractivity contribution >= 4 is 17.7 Å². The lowest BCUT2D eigenvalue weighted by atomic mass is 10.3. The van der Waals surface area contributed by atoms with Crippen LogP contribution in [0.3, 0.4) is 0 Å². The third-order valence-electron chi connectivity index (χ3n) is 2.70. The highest BCUT2D eigenvalue weighted by atomic mass is 16.1. The van der Waals surface area contributed by atoms with Crippen LogP contribution in [-0.4, -0.2) is 42.6 Å². The summed E-state index contributed by atoms with van der Waals surface area (Å²) in [4.78, 5) is 22.0. The lowest BCUT2D eigenvalue weighted by Gasteiger charge is -2.21. The maximum absolute atomic E-state index is 11.3. The molecule has 2 heterocycles. The molecule has 1 aliphatic heterocycles. The van der Waals surface area contributed by atoms with Crippen LogP contribution in [0, 0.1) is 6.92 Å². The molecule has 1 aromatic heterocycles. The highest BCUT2D eigenvalue weighted by molar-refractivity contribution is 5.77. The number of hydrogen-bond acceptors (Lipinski definition) is 5. The lowest BCUT2D eigenvalue weighted by Crippen LogP contribution is -2.29. The van der Waals surface area contributed by atoms with E-state index in [1.165, 1.54) is 0 Å². The Balaban J connectivity index is 2.20. The van der Waals surface area contributed by atoms with E-state index >= 15 is 0 Å². The van der Waals surface area contributed by atoms with Crippen molar-refractivity contribution in [1.82, 2.24) is 15.3 Å². The van der Waals surface area contributed by atoms with Crippen molar-refractivity contribution in [3.63, 3.8) is 0 Å². The molecule has 2 N–H and O–H groups in total. The van der Waals surface area contributed by atoms with Crippen molar-refractivity contribution in [2.75, 3.05) is 36.9 Å². The zero-order chi connectivity index (χ0) is 12.3. The Labute approximate surface area is 100 Å². The summed E-state index contributed by atoms with van der Waals surface area (Å²) in [7, 11) is 1.80. The van der Waals surface area contributed by atoms with Crippen molar-refractivity contribution < 1.29 is 4.79 Å². The maximum atomic E-state index is 11.3. The van der Waals surface area contributed by atoms with Crippen LogP contribution in [0.5, 0.6) is 0 Å². The number of rotatable bonds is 2.